The lowest BCUT2D eigenvalue weighted by Crippen LogP contribution is -2.28. The Morgan fingerprint density at radius 3 is 2.64 bits per heavy atom. The van der Waals surface area contributed by atoms with Crippen LogP contribution in [0.15, 0.2) is 48.5 Å². The molecule has 0 aliphatic carbocycles. The van der Waals surface area contributed by atoms with Crippen molar-refractivity contribution in [3.05, 3.63) is 64.2 Å². The maximum atomic E-state index is 12.5. The Labute approximate surface area is 144 Å². The molecule has 0 unspecified atom stereocenters. The second-order valence-corrected chi connectivity index (χ2v) is 5.99. The van der Waals surface area contributed by atoms with Gasteiger partial charge in [-0.1, -0.05) is 24.3 Å². The van der Waals surface area contributed by atoms with Crippen molar-refractivity contribution in [1.82, 2.24) is 0 Å². The molecule has 1 aliphatic rings. The molecular formula is C18H17N3O4. The average Bonchev–Trinajstić information content (AvgIpc) is 2.99. The summed E-state index contributed by atoms with van der Waals surface area (Å²) in [6.45, 7) is 2.05. The number of nitrogens with zero attached hydrogens (tertiary/aromatic N) is 2. The van der Waals surface area contributed by atoms with Crippen LogP contribution in [0.2, 0.25) is 0 Å². The molecule has 7 heteroatoms. The summed E-state index contributed by atoms with van der Waals surface area (Å²) in [5.74, 6) is -0.913. The third kappa shape index (κ3) is 3.50. The van der Waals surface area contributed by atoms with Crippen LogP contribution in [0.25, 0.3) is 0 Å². The quantitative estimate of drug-likeness (QED) is 0.685. The van der Waals surface area contributed by atoms with E-state index in [-0.39, 0.29) is 23.9 Å². The number of nitro groups is 1. The molecule has 1 aliphatic heterocycles. The molecule has 1 fully saturated rings. The van der Waals surface area contributed by atoms with E-state index in [1.165, 1.54) is 12.1 Å². The predicted molar refractivity (Wildman–Crippen MR) is 93.4 cm³/mol. The van der Waals surface area contributed by atoms with Crippen LogP contribution in [0.3, 0.4) is 0 Å². The molecule has 0 aromatic heterocycles. The van der Waals surface area contributed by atoms with Gasteiger partial charge in [-0.25, -0.2) is 0 Å². The number of amides is 2. The van der Waals surface area contributed by atoms with Crippen LogP contribution < -0.4 is 10.2 Å². The van der Waals surface area contributed by atoms with E-state index in [1.54, 1.807) is 17.9 Å². The van der Waals surface area contributed by atoms with Gasteiger partial charge >= 0.3 is 0 Å². The van der Waals surface area contributed by atoms with Crippen LogP contribution in [0.5, 0.6) is 0 Å². The molecule has 1 saturated heterocycles. The molecule has 0 spiro atoms. The molecule has 128 valence electrons. The Morgan fingerprint density at radius 1 is 1.24 bits per heavy atom. The Morgan fingerprint density at radius 2 is 1.96 bits per heavy atom. The van der Waals surface area contributed by atoms with Crippen molar-refractivity contribution >= 4 is 28.9 Å². The van der Waals surface area contributed by atoms with Crippen molar-refractivity contribution in [2.24, 2.45) is 5.92 Å². The van der Waals surface area contributed by atoms with Crippen molar-refractivity contribution < 1.29 is 14.5 Å². The fraction of sp³-hybridized carbons (Fsp3) is 0.222. The van der Waals surface area contributed by atoms with Crippen LogP contribution in [0, 0.1) is 23.0 Å². The number of anilines is 2. The summed E-state index contributed by atoms with van der Waals surface area (Å²) >= 11 is 0. The van der Waals surface area contributed by atoms with Crippen molar-refractivity contribution in [2.75, 3.05) is 16.8 Å². The molecule has 1 N–H and O–H groups in total. The lowest BCUT2D eigenvalue weighted by Gasteiger charge is -2.16. The molecule has 3 rings (SSSR count). The maximum Gasteiger partial charge on any atom is 0.271 e. The van der Waals surface area contributed by atoms with Crippen LogP contribution in [0.1, 0.15) is 12.0 Å². The van der Waals surface area contributed by atoms with E-state index in [1.807, 2.05) is 30.3 Å². The van der Waals surface area contributed by atoms with Crippen LogP contribution >= 0.6 is 0 Å². The highest BCUT2D eigenvalue weighted by atomic mass is 16.6. The standard InChI is InChI=1S/C18H17N3O4/c1-12-7-8-15(21(24)25)10-16(12)19-18(23)13-9-17(22)20(11-13)14-5-3-2-4-6-14/h2-8,10,13H,9,11H2,1H3,(H,19,23)/t13-/m1/s1. The molecule has 0 saturated carbocycles. The van der Waals surface area contributed by atoms with Crippen molar-refractivity contribution in [3.8, 4) is 0 Å². The fourth-order valence-electron chi connectivity index (χ4n) is 2.83. The van der Waals surface area contributed by atoms with E-state index in [4.69, 9.17) is 0 Å². The second-order valence-electron chi connectivity index (χ2n) is 5.99. The van der Waals surface area contributed by atoms with Gasteiger partial charge in [0.15, 0.2) is 0 Å². The van der Waals surface area contributed by atoms with Crippen molar-refractivity contribution in [1.29, 1.82) is 0 Å². The van der Waals surface area contributed by atoms with E-state index in [0.717, 1.165) is 11.3 Å². The first-order chi connectivity index (χ1) is 12.0. The molecule has 2 aromatic rings. The van der Waals surface area contributed by atoms with Crippen LogP contribution in [0.4, 0.5) is 17.1 Å². The fourth-order valence-corrected chi connectivity index (χ4v) is 2.83. The van der Waals surface area contributed by atoms with Gasteiger partial charge in [-0.05, 0) is 24.6 Å². The normalized spacial score (nSPS) is 16.8. The zero-order valence-electron chi connectivity index (χ0n) is 13.6. The highest BCUT2D eigenvalue weighted by molar-refractivity contribution is 6.03. The smallest absolute Gasteiger partial charge is 0.271 e. The highest BCUT2D eigenvalue weighted by Gasteiger charge is 2.35. The van der Waals surface area contributed by atoms with Gasteiger partial charge in [0.2, 0.25) is 11.8 Å². The zero-order valence-corrected chi connectivity index (χ0v) is 13.6. The summed E-state index contributed by atoms with van der Waals surface area (Å²) in [6.07, 6.45) is 0.120. The number of benzene rings is 2. The summed E-state index contributed by atoms with van der Waals surface area (Å²) in [4.78, 5) is 36.7. The van der Waals surface area contributed by atoms with Gasteiger partial charge in [-0.15, -0.1) is 0 Å². The first-order valence-corrected chi connectivity index (χ1v) is 7.87. The minimum atomic E-state index is -0.509. The van der Waals surface area contributed by atoms with Gasteiger partial charge in [0.25, 0.3) is 5.69 Å². The Kier molecular flexibility index (Phi) is 4.47. The second kappa shape index (κ2) is 6.72. The number of hydrogen-bond acceptors (Lipinski definition) is 4. The van der Waals surface area contributed by atoms with E-state index in [9.17, 15) is 19.7 Å². The van der Waals surface area contributed by atoms with Gasteiger partial charge in [0.05, 0.1) is 16.5 Å². The Bertz CT molecular complexity index is 835. The highest BCUT2D eigenvalue weighted by Crippen LogP contribution is 2.27. The molecule has 0 radical (unpaired) electrons. The largest absolute Gasteiger partial charge is 0.325 e. The number of nitro benzene ring substituents is 1. The molecule has 0 bridgehead atoms. The number of aryl methyl sites for hydroxylation is 1. The molecule has 2 amide bonds. The first kappa shape index (κ1) is 16.6. The van der Waals surface area contributed by atoms with Crippen LogP contribution in [-0.4, -0.2) is 23.3 Å². The Hall–Kier alpha value is -3.22. The summed E-state index contributed by atoms with van der Waals surface area (Å²) in [5, 5.41) is 13.6. The molecular weight excluding hydrogens is 322 g/mol. The van der Waals surface area contributed by atoms with E-state index >= 15 is 0 Å². The lowest BCUT2D eigenvalue weighted by molar-refractivity contribution is -0.384. The topological polar surface area (TPSA) is 92.5 Å². The number of nitrogens with one attached hydrogen (secondary N) is 1. The van der Waals surface area contributed by atoms with E-state index in [0.29, 0.717) is 12.2 Å². The number of non-ortho nitro benzene ring substituents is 1. The molecule has 2 aromatic carbocycles. The summed E-state index contributed by atoms with van der Waals surface area (Å²) in [6, 6.07) is 13.5. The summed E-state index contributed by atoms with van der Waals surface area (Å²) in [7, 11) is 0. The number of carbonyl (C=O) groups excluding carboxylic acids is 2. The average molecular weight is 339 g/mol. The first-order valence-electron chi connectivity index (χ1n) is 7.87. The minimum Gasteiger partial charge on any atom is -0.325 e. The number of para-hydroxylation sites is 1. The Balaban J connectivity index is 1.74. The third-order valence-electron chi connectivity index (χ3n) is 4.25. The van der Waals surface area contributed by atoms with Crippen LogP contribution in [-0.2, 0) is 9.59 Å². The maximum absolute atomic E-state index is 12.5. The SMILES string of the molecule is Cc1ccc([N+](=O)[O-])cc1NC(=O)[C@@H]1CC(=O)N(c2ccccc2)C1. The van der Waals surface area contributed by atoms with Gasteiger partial charge < -0.3 is 10.2 Å². The molecule has 25 heavy (non-hydrogen) atoms. The minimum absolute atomic E-state index is 0.0886. The number of carbonyl (C=O) groups is 2. The molecule has 7 nitrogen and oxygen atoms in total. The number of hydrogen-bond donors (Lipinski definition) is 1. The van der Waals surface area contributed by atoms with Gasteiger partial charge in [-0.2, -0.15) is 0 Å². The zero-order chi connectivity index (χ0) is 18.0. The van der Waals surface area contributed by atoms with Crippen molar-refractivity contribution in [3.63, 3.8) is 0 Å². The van der Waals surface area contributed by atoms with E-state index in [2.05, 4.69) is 5.32 Å². The number of rotatable bonds is 4. The molecule has 1 heterocycles. The predicted octanol–water partition coefficient (Wildman–Crippen LogP) is 2.89. The van der Waals surface area contributed by atoms with Crippen molar-refractivity contribution in [2.45, 2.75) is 13.3 Å². The molecule has 1 atom stereocenters. The van der Waals surface area contributed by atoms with E-state index < -0.39 is 10.8 Å². The van der Waals surface area contributed by atoms with Gasteiger partial charge in [0, 0.05) is 30.8 Å². The van der Waals surface area contributed by atoms with Gasteiger partial charge in [0.1, 0.15) is 0 Å². The third-order valence-corrected chi connectivity index (χ3v) is 4.25. The monoisotopic (exact) mass is 339 g/mol. The summed E-state index contributed by atoms with van der Waals surface area (Å²) < 4.78 is 0. The lowest BCUT2D eigenvalue weighted by atomic mass is 10.1. The van der Waals surface area contributed by atoms with Gasteiger partial charge in [-0.3, -0.25) is 19.7 Å². The summed E-state index contributed by atoms with van der Waals surface area (Å²) in [5.41, 5.74) is 1.79.